The van der Waals surface area contributed by atoms with Crippen molar-refractivity contribution in [3.05, 3.63) is 29.8 Å². The summed E-state index contributed by atoms with van der Waals surface area (Å²) in [6.45, 7) is 0. The molecule has 0 radical (unpaired) electrons. The van der Waals surface area contributed by atoms with Gasteiger partial charge in [-0.1, -0.05) is 18.4 Å². The monoisotopic (exact) mass is 277 g/mol. The Morgan fingerprint density at radius 1 is 1.37 bits per heavy atom. The number of anilines is 1. The van der Waals surface area contributed by atoms with Gasteiger partial charge in [0.1, 0.15) is 5.25 Å². The first-order valence-electron chi connectivity index (χ1n) is 6.12. The van der Waals surface area contributed by atoms with Gasteiger partial charge in [-0.25, -0.2) is 8.42 Å². The van der Waals surface area contributed by atoms with Crippen molar-refractivity contribution < 1.29 is 13.2 Å². The summed E-state index contributed by atoms with van der Waals surface area (Å²) in [5.41, 5.74) is 1.17. The Morgan fingerprint density at radius 3 is 2.84 bits per heavy atom. The van der Waals surface area contributed by atoms with Crippen LogP contribution in [0, 0.1) is 12.3 Å². The molecule has 1 heterocycles. The van der Waals surface area contributed by atoms with Gasteiger partial charge in [0, 0.05) is 11.3 Å². The van der Waals surface area contributed by atoms with Gasteiger partial charge in [0.15, 0.2) is 9.84 Å². The van der Waals surface area contributed by atoms with E-state index >= 15 is 0 Å². The van der Waals surface area contributed by atoms with Gasteiger partial charge in [-0.05, 0) is 31.0 Å². The van der Waals surface area contributed by atoms with E-state index in [4.69, 9.17) is 6.42 Å². The summed E-state index contributed by atoms with van der Waals surface area (Å²) in [6.07, 6.45) is 7.07. The molecular weight excluding hydrogens is 262 g/mol. The zero-order valence-corrected chi connectivity index (χ0v) is 11.2. The van der Waals surface area contributed by atoms with Crippen molar-refractivity contribution in [3.63, 3.8) is 0 Å². The topological polar surface area (TPSA) is 63.2 Å². The molecule has 2 rings (SSSR count). The SMILES string of the molecule is C#Cc1cccc(NC(=O)C2CCCCS2(=O)=O)c1. The van der Waals surface area contributed by atoms with E-state index in [1.54, 1.807) is 24.3 Å². The predicted molar refractivity (Wildman–Crippen MR) is 74.4 cm³/mol. The lowest BCUT2D eigenvalue weighted by atomic mass is 10.1. The molecule has 1 fully saturated rings. The third-order valence-electron chi connectivity index (χ3n) is 3.17. The minimum Gasteiger partial charge on any atom is -0.325 e. The Morgan fingerprint density at radius 2 is 2.16 bits per heavy atom. The molecule has 100 valence electrons. The molecule has 0 saturated carbocycles. The second-order valence-electron chi connectivity index (χ2n) is 4.57. The number of carbonyl (C=O) groups is 1. The molecule has 1 aliphatic heterocycles. The Labute approximate surface area is 113 Å². The third kappa shape index (κ3) is 3.15. The number of nitrogens with one attached hydrogen (secondary N) is 1. The quantitative estimate of drug-likeness (QED) is 0.835. The van der Waals surface area contributed by atoms with Crippen LogP contribution < -0.4 is 5.32 Å². The van der Waals surface area contributed by atoms with E-state index in [-0.39, 0.29) is 5.75 Å². The van der Waals surface area contributed by atoms with Crippen LogP contribution in [0.3, 0.4) is 0 Å². The molecule has 1 aromatic rings. The molecule has 1 aromatic carbocycles. The fourth-order valence-corrected chi connectivity index (χ4v) is 3.96. The molecule has 0 aliphatic carbocycles. The Balaban J connectivity index is 2.14. The highest BCUT2D eigenvalue weighted by Gasteiger charge is 2.34. The van der Waals surface area contributed by atoms with Crippen molar-refractivity contribution >= 4 is 21.4 Å². The van der Waals surface area contributed by atoms with Crippen molar-refractivity contribution in [2.75, 3.05) is 11.1 Å². The summed E-state index contributed by atoms with van der Waals surface area (Å²) < 4.78 is 23.7. The van der Waals surface area contributed by atoms with Gasteiger partial charge in [-0.15, -0.1) is 6.42 Å². The lowest BCUT2D eigenvalue weighted by Crippen LogP contribution is -2.39. The minimum absolute atomic E-state index is 0.0927. The Kier molecular flexibility index (Phi) is 3.91. The molecule has 1 aliphatic rings. The van der Waals surface area contributed by atoms with Crippen molar-refractivity contribution in [1.29, 1.82) is 0 Å². The molecule has 1 amide bonds. The zero-order valence-electron chi connectivity index (χ0n) is 10.4. The maximum absolute atomic E-state index is 12.0. The van der Waals surface area contributed by atoms with Gasteiger partial charge in [0.25, 0.3) is 0 Å². The van der Waals surface area contributed by atoms with Crippen LogP contribution in [0.4, 0.5) is 5.69 Å². The van der Waals surface area contributed by atoms with Gasteiger partial charge in [-0.3, -0.25) is 4.79 Å². The highest BCUT2D eigenvalue weighted by Crippen LogP contribution is 2.21. The van der Waals surface area contributed by atoms with Gasteiger partial charge < -0.3 is 5.32 Å². The van der Waals surface area contributed by atoms with E-state index in [1.165, 1.54) is 0 Å². The third-order valence-corrected chi connectivity index (χ3v) is 5.34. The van der Waals surface area contributed by atoms with Crippen LogP contribution in [0.15, 0.2) is 24.3 Å². The molecule has 0 aromatic heterocycles. The van der Waals surface area contributed by atoms with Crippen molar-refractivity contribution in [3.8, 4) is 12.3 Å². The second kappa shape index (κ2) is 5.45. The highest BCUT2D eigenvalue weighted by molar-refractivity contribution is 7.92. The number of benzene rings is 1. The first-order valence-corrected chi connectivity index (χ1v) is 7.83. The molecule has 19 heavy (non-hydrogen) atoms. The average Bonchev–Trinajstić information content (AvgIpc) is 2.38. The van der Waals surface area contributed by atoms with Crippen molar-refractivity contribution in [1.82, 2.24) is 0 Å². The number of terminal acetylenes is 1. The van der Waals surface area contributed by atoms with Crippen LogP contribution in [-0.2, 0) is 14.6 Å². The number of hydrogen-bond acceptors (Lipinski definition) is 3. The van der Waals surface area contributed by atoms with Crippen LogP contribution in [0.1, 0.15) is 24.8 Å². The van der Waals surface area contributed by atoms with Gasteiger partial charge in [0.2, 0.25) is 5.91 Å². The number of amides is 1. The summed E-state index contributed by atoms with van der Waals surface area (Å²) in [4.78, 5) is 12.0. The zero-order chi connectivity index (χ0) is 13.9. The molecule has 0 spiro atoms. The van der Waals surface area contributed by atoms with E-state index in [0.29, 0.717) is 24.1 Å². The molecule has 4 nitrogen and oxygen atoms in total. The fourth-order valence-electron chi connectivity index (χ4n) is 2.16. The maximum atomic E-state index is 12.0. The van der Waals surface area contributed by atoms with Crippen LogP contribution in [0.5, 0.6) is 0 Å². The smallest absolute Gasteiger partial charge is 0.242 e. The van der Waals surface area contributed by atoms with Gasteiger partial charge in [-0.2, -0.15) is 0 Å². The average molecular weight is 277 g/mol. The first-order chi connectivity index (χ1) is 9.03. The first kappa shape index (κ1) is 13.6. The van der Waals surface area contributed by atoms with E-state index < -0.39 is 21.0 Å². The summed E-state index contributed by atoms with van der Waals surface area (Å²) in [7, 11) is -3.31. The van der Waals surface area contributed by atoms with E-state index in [2.05, 4.69) is 11.2 Å². The molecule has 1 saturated heterocycles. The standard InChI is InChI=1S/C14H15NO3S/c1-2-11-6-5-7-12(10-11)15-14(16)13-8-3-4-9-19(13,17)18/h1,5-7,10,13H,3-4,8-9H2,(H,15,16). The number of sulfone groups is 1. The summed E-state index contributed by atoms with van der Waals surface area (Å²) in [6, 6.07) is 6.80. The summed E-state index contributed by atoms with van der Waals surface area (Å²) in [5.74, 6) is 2.10. The van der Waals surface area contributed by atoms with Crippen LogP contribution >= 0.6 is 0 Å². The molecular formula is C14H15NO3S. The summed E-state index contributed by atoms with van der Waals surface area (Å²) in [5, 5.41) is 1.69. The normalized spacial score (nSPS) is 21.3. The predicted octanol–water partition coefficient (Wildman–Crippen LogP) is 1.57. The molecule has 1 unspecified atom stereocenters. The lowest BCUT2D eigenvalue weighted by molar-refractivity contribution is -0.116. The maximum Gasteiger partial charge on any atom is 0.242 e. The lowest BCUT2D eigenvalue weighted by Gasteiger charge is -2.21. The van der Waals surface area contributed by atoms with Crippen LogP contribution in [0.2, 0.25) is 0 Å². The van der Waals surface area contributed by atoms with Gasteiger partial charge >= 0.3 is 0 Å². The van der Waals surface area contributed by atoms with Crippen molar-refractivity contribution in [2.24, 2.45) is 0 Å². The van der Waals surface area contributed by atoms with Crippen LogP contribution in [0.25, 0.3) is 0 Å². The number of rotatable bonds is 2. The Hall–Kier alpha value is -1.80. The second-order valence-corrected chi connectivity index (χ2v) is 6.87. The molecule has 0 bridgehead atoms. The number of hydrogen-bond donors (Lipinski definition) is 1. The summed E-state index contributed by atoms with van der Waals surface area (Å²) >= 11 is 0. The molecule has 1 atom stereocenters. The van der Waals surface area contributed by atoms with Crippen molar-refractivity contribution in [2.45, 2.75) is 24.5 Å². The Bertz CT molecular complexity index is 628. The van der Waals surface area contributed by atoms with E-state index in [0.717, 1.165) is 6.42 Å². The molecule has 5 heteroatoms. The minimum atomic E-state index is -3.31. The largest absolute Gasteiger partial charge is 0.325 e. The number of carbonyl (C=O) groups excluding carboxylic acids is 1. The van der Waals surface area contributed by atoms with Crippen LogP contribution in [-0.4, -0.2) is 25.3 Å². The fraction of sp³-hybridized carbons (Fsp3) is 0.357. The molecule has 1 N–H and O–H groups in total. The van der Waals surface area contributed by atoms with E-state index in [1.807, 2.05) is 0 Å². The highest BCUT2D eigenvalue weighted by atomic mass is 32.2. The van der Waals surface area contributed by atoms with Gasteiger partial charge in [0.05, 0.1) is 5.75 Å². The van der Waals surface area contributed by atoms with E-state index in [9.17, 15) is 13.2 Å².